The summed E-state index contributed by atoms with van der Waals surface area (Å²) in [5.41, 5.74) is 2.13. The van der Waals surface area contributed by atoms with E-state index in [0.29, 0.717) is 11.5 Å². The van der Waals surface area contributed by atoms with Gasteiger partial charge in [-0.25, -0.2) is 0 Å². The van der Waals surface area contributed by atoms with E-state index in [4.69, 9.17) is 18.9 Å². The second-order valence-corrected chi connectivity index (χ2v) is 46.0. The van der Waals surface area contributed by atoms with Crippen LogP contribution in [0.2, 0.25) is 0 Å². The molecule has 0 radical (unpaired) electrons. The molecule has 4 rings (SSSR count). The Labute approximate surface area is 276 Å². The van der Waals surface area contributed by atoms with Gasteiger partial charge in [0.2, 0.25) is 0 Å². The summed E-state index contributed by atoms with van der Waals surface area (Å²) >= 11 is 5.20. The first-order valence-corrected chi connectivity index (χ1v) is 29.5. The topological polar surface area (TPSA) is 71.1 Å². The average molecular weight is 920 g/mol. The van der Waals surface area contributed by atoms with Gasteiger partial charge in [-0.1, -0.05) is 0 Å². The Morgan fingerprint density at radius 1 is 0.558 bits per heavy atom. The molecule has 0 spiro atoms. The Kier molecular flexibility index (Phi) is 10.7. The van der Waals surface area contributed by atoms with Crippen molar-refractivity contribution in [2.24, 2.45) is 0 Å². The first kappa shape index (κ1) is 33.6. The third kappa shape index (κ3) is 9.33. The van der Waals surface area contributed by atoms with Crippen LogP contribution in [0.15, 0.2) is 97.1 Å². The van der Waals surface area contributed by atoms with Crippen LogP contribution in [-0.4, -0.2) is 33.8 Å². The molecule has 0 aromatic heterocycles. The fourth-order valence-electron chi connectivity index (χ4n) is 4.06. The van der Waals surface area contributed by atoms with Gasteiger partial charge in [0.25, 0.3) is 0 Å². The standard InChI is InChI=1S/C34H34I2O6Te/c1-33(2,3)41-31(37)39-29-19-17-25(21-27(29)23-13-9-7-10-14-23)43(35,36)26-18-20-30(40-32(38)42-34(4,5)6)28(22-26)24-15-11-8-12-16-24/h7-22H,1-6H3. The summed E-state index contributed by atoms with van der Waals surface area (Å²) in [6, 6.07) is 31.7. The van der Waals surface area contributed by atoms with Crippen LogP contribution in [0, 0.1) is 0 Å². The monoisotopic (exact) mass is 922 g/mol. The van der Waals surface area contributed by atoms with Crippen molar-refractivity contribution in [3.05, 3.63) is 97.1 Å². The van der Waals surface area contributed by atoms with Gasteiger partial charge in [-0.3, -0.25) is 0 Å². The van der Waals surface area contributed by atoms with Gasteiger partial charge >= 0.3 is 279 Å². The zero-order chi connectivity index (χ0) is 31.4. The molecule has 226 valence electrons. The number of ether oxygens (including phenoxy) is 4. The van der Waals surface area contributed by atoms with Crippen molar-refractivity contribution in [2.75, 3.05) is 0 Å². The molecular weight excluding hydrogens is 886 g/mol. The predicted octanol–water partition coefficient (Wildman–Crippen LogP) is 9.07. The van der Waals surface area contributed by atoms with Crippen molar-refractivity contribution in [2.45, 2.75) is 52.7 Å². The van der Waals surface area contributed by atoms with E-state index in [0.717, 1.165) is 22.3 Å². The number of hydrogen-bond donors (Lipinski definition) is 0. The normalized spacial score (nSPS) is 12.3. The Morgan fingerprint density at radius 3 is 1.23 bits per heavy atom. The Hall–Kier alpha value is -2.33. The molecule has 4 aromatic carbocycles. The molecule has 0 saturated heterocycles. The molecule has 9 heteroatoms. The van der Waals surface area contributed by atoms with Crippen molar-refractivity contribution in [1.82, 2.24) is 0 Å². The van der Waals surface area contributed by atoms with Crippen LogP contribution < -0.4 is 16.7 Å². The second-order valence-electron chi connectivity index (χ2n) is 11.6. The summed E-state index contributed by atoms with van der Waals surface area (Å²) in [5, 5.41) is 0. The molecule has 0 atom stereocenters. The Bertz CT molecular complexity index is 1470. The van der Waals surface area contributed by atoms with Gasteiger partial charge in [-0.2, -0.15) is 0 Å². The van der Waals surface area contributed by atoms with Gasteiger partial charge in [-0.05, 0) is 0 Å². The fraction of sp³-hybridized carbons (Fsp3) is 0.235. The zero-order valence-corrected chi connectivity index (χ0v) is 31.5. The summed E-state index contributed by atoms with van der Waals surface area (Å²) in [6.45, 7) is 10.8. The summed E-state index contributed by atoms with van der Waals surface area (Å²) < 4.78 is 24.6. The molecule has 43 heavy (non-hydrogen) atoms. The number of benzene rings is 4. The van der Waals surface area contributed by atoms with Crippen LogP contribution in [0.25, 0.3) is 22.3 Å². The molecule has 0 saturated carbocycles. The van der Waals surface area contributed by atoms with E-state index >= 15 is 0 Å². The molecule has 4 aromatic rings. The molecule has 6 nitrogen and oxygen atoms in total. The van der Waals surface area contributed by atoms with Gasteiger partial charge in [0.05, 0.1) is 0 Å². The van der Waals surface area contributed by atoms with Crippen molar-refractivity contribution in [3.8, 4) is 33.8 Å². The van der Waals surface area contributed by atoms with Crippen LogP contribution in [0.3, 0.4) is 0 Å². The molecule has 0 N–H and O–H groups in total. The molecular formula is C34H34I2O6Te. The van der Waals surface area contributed by atoms with Gasteiger partial charge in [0.1, 0.15) is 0 Å². The fourth-order valence-corrected chi connectivity index (χ4v) is 15.1. The minimum atomic E-state index is -3.07. The number of halogens is 2. The van der Waals surface area contributed by atoms with Crippen molar-refractivity contribution in [3.63, 3.8) is 0 Å². The molecule has 0 fully saturated rings. The average Bonchev–Trinajstić information content (AvgIpc) is 2.92. The van der Waals surface area contributed by atoms with Crippen LogP contribution >= 0.6 is 37.4 Å². The molecule has 0 unspecified atom stereocenters. The van der Waals surface area contributed by atoms with E-state index in [1.54, 1.807) is 41.5 Å². The summed E-state index contributed by atoms with van der Waals surface area (Å²) in [5.74, 6) is 0.864. The van der Waals surface area contributed by atoms with E-state index in [2.05, 4.69) is 49.5 Å². The molecule has 0 aliphatic rings. The molecule has 0 heterocycles. The molecule has 0 amide bonds. The van der Waals surface area contributed by atoms with Crippen LogP contribution in [0.4, 0.5) is 9.59 Å². The van der Waals surface area contributed by atoms with Gasteiger partial charge in [0.15, 0.2) is 0 Å². The van der Waals surface area contributed by atoms with Crippen LogP contribution in [-0.2, 0) is 9.47 Å². The molecule has 0 bridgehead atoms. The zero-order valence-electron chi connectivity index (χ0n) is 24.9. The maximum absolute atomic E-state index is 12.6. The molecule has 0 aliphatic carbocycles. The number of rotatable bonds is 6. The number of hydrogen-bond acceptors (Lipinski definition) is 6. The van der Waals surface area contributed by atoms with Crippen LogP contribution in [0.5, 0.6) is 11.5 Å². The molecule has 0 aliphatic heterocycles. The third-order valence-corrected chi connectivity index (χ3v) is 24.3. The van der Waals surface area contributed by atoms with E-state index in [1.165, 1.54) is 7.22 Å². The van der Waals surface area contributed by atoms with Crippen LogP contribution in [0.1, 0.15) is 41.5 Å². The van der Waals surface area contributed by atoms with E-state index in [9.17, 15) is 9.59 Å². The van der Waals surface area contributed by atoms with Gasteiger partial charge in [0, 0.05) is 0 Å². The predicted molar refractivity (Wildman–Crippen MR) is 191 cm³/mol. The van der Waals surface area contributed by atoms with Crippen molar-refractivity contribution in [1.29, 1.82) is 0 Å². The first-order chi connectivity index (χ1) is 20.1. The summed E-state index contributed by atoms with van der Waals surface area (Å²) in [7, 11) is -3.07. The van der Waals surface area contributed by atoms with Gasteiger partial charge in [-0.15, -0.1) is 0 Å². The Balaban J connectivity index is 1.76. The minimum absolute atomic E-state index is 0.432. The van der Waals surface area contributed by atoms with E-state index < -0.39 is 33.8 Å². The van der Waals surface area contributed by atoms with Gasteiger partial charge < -0.3 is 0 Å². The first-order valence-electron chi connectivity index (χ1n) is 13.6. The number of carbonyl (C=O) groups excluding carboxylic acids is 2. The van der Waals surface area contributed by atoms with E-state index in [-0.39, 0.29) is 0 Å². The second kappa shape index (κ2) is 13.8. The SMILES string of the molecule is CC(C)(C)OC(=O)Oc1ccc([Te](I)(I)c2ccc(OC(=O)OC(C)(C)C)c(-c3ccccc3)c2)cc1-c1ccccc1. The van der Waals surface area contributed by atoms with Crippen molar-refractivity contribution < 1.29 is 28.5 Å². The third-order valence-electron chi connectivity index (χ3n) is 5.83. The Morgan fingerprint density at radius 2 is 0.907 bits per heavy atom. The number of carbonyl (C=O) groups is 2. The summed E-state index contributed by atoms with van der Waals surface area (Å²) in [6.07, 6.45) is -1.50. The van der Waals surface area contributed by atoms with Crippen molar-refractivity contribution >= 4 is 67.2 Å². The maximum atomic E-state index is 12.6. The van der Waals surface area contributed by atoms with E-state index in [1.807, 2.05) is 84.9 Å². The quantitative estimate of drug-likeness (QED) is 0.0833. The summed E-state index contributed by atoms with van der Waals surface area (Å²) in [4.78, 5) is 25.2.